The van der Waals surface area contributed by atoms with E-state index in [0.29, 0.717) is 31.8 Å². The van der Waals surface area contributed by atoms with E-state index < -0.39 is 0 Å². The standard InChI is InChI=1S/C22H18ClN3O3S2/c1-29-18-9-5-2-6-14(18)12-26-21(28)20-17(10-11-30-20)25-22(26)31-13-19(27)24-16-8-4-3-7-15(16)23/h2-11H,12-13H2,1H3,(H,24,27). The van der Waals surface area contributed by atoms with Crippen molar-refractivity contribution in [2.24, 2.45) is 0 Å². The number of thiophene rings is 1. The average molecular weight is 472 g/mol. The molecule has 1 amide bonds. The molecule has 4 aromatic rings. The van der Waals surface area contributed by atoms with E-state index in [1.807, 2.05) is 35.7 Å². The molecule has 9 heteroatoms. The third-order valence-electron chi connectivity index (χ3n) is 4.53. The van der Waals surface area contributed by atoms with Crippen LogP contribution in [-0.4, -0.2) is 28.3 Å². The number of hydrogen-bond donors (Lipinski definition) is 1. The highest BCUT2D eigenvalue weighted by Crippen LogP contribution is 2.25. The predicted molar refractivity (Wildman–Crippen MR) is 127 cm³/mol. The van der Waals surface area contributed by atoms with Gasteiger partial charge in [-0.3, -0.25) is 14.2 Å². The van der Waals surface area contributed by atoms with Crippen molar-refractivity contribution in [2.75, 3.05) is 18.2 Å². The van der Waals surface area contributed by atoms with E-state index in [4.69, 9.17) is 16.3 Å². The van der Waals surface area contributed by atoms with Crippen LogP contribution in [0.1, 0.15) is 5.56 Å². The molecule has 0 aliphatic heterocycles. The fraction of sp³-hybridized carbons (Fsp3) is 0.136. The molecular weight excluding hydrogens is 454 g/mol. The summed E-state index contributed by atoms with van der Waals surface area (Å²) in [6, 6.07) is 16.4. The summed E-state index contributed by atoms with van der Waals surface area (Å²) in [7, 11) is 1.59. The fourth-order valence-electron chi connectivity index (χ4n) is 3.06. The lowest BCUT2D eigenvalue weighted by molar-refractivity contribution is -0.113. The Bertz CT molecular complexity index is 1300. The molecule has 0 bridgehead atoms. The first kappa shape index (κ1) is 21.4. The van der Waals surface area contributed by atoms with Crippen LogP contribution in [0.2, 0.25) is 5.02 Å². The summed E-state index contributed by atoms with van der Waals surface area (Å²) in [6.45, 7) is 0.290. The Morgan fingerprint density at radius 1 is 1.19 bits per heavy atom. The minimum atomic E-state index is -0.235. The van der Waals surface area contributed by atoms with Crippen molar-refractivity contribution < 1.29 is 9.53 Å². The van der Waals surface area contributed by atoms with Gasteiger partial charge in [0.1, 0.15) is 10.4 Å². The first-order valence-electron chi connectivity index (χ1n) is 9.34. The van der Waals surface area contributed by atoms with Gasteiger partial charge < -0.3 is 10.1 Å². The summed E-state index contributed by atoms with van der Waals surface area (Å²) in [5, 5.41) is 5.56. The number of nitrogens with one attached hydrogen (secondary N) is 1. The van der Waals surface area contributed by atoms with Crippen molar-refractivity contribution in [1.82, 2.24) is 9.55 Å². The number of thioether (sulfide) groups is 1. The highest BCUT2D eigenvalue weighted by Gasteiger charge is 2.16. The van der Waals surface area contributed by atoms with Crippen LogP contribution in [0.3, 0.4) is 0 Å². The maximum absolute atomic E-state index is 13.2. The molecule has 0 saturated carbocycles. The molecule has 6 nitrogen and oxygen atoms in total. The van der Waals surface area contributed by atoms with E-state index in [9.17, 15) is 9.59 Å². The van der Waals surface area contributed by atoms with E-state index >= 15 is 0 Å². The zero-order valence-electron chi connectivity index (χ0n) is 16.5. The third-order valence-corrected chi connectivity index (χ3v) is 6.73. The zero-order valence-corrected chi connectivity index (χ0v) is 18.9. The topological polar surface area (TPSA) is 73.2 Å². The van der Waals surface area contributed by atoms with E-state index in [1.54, 1.807) is 35.9 Å². The number of benzene rings is 2. The van der Waals surface area contributed by atoms with Crippen molar-refractivity contribution in [3.63, 3.8) is 0 Å². The summed E-state index contributed by atoms with van der Waals surface area (Å²) in [6.07, 6.45) is 0. The third kappa shape index (κ3) is 4.76. The lowest BCUT2D eigenvalue weighted by Crippen LogP contribution is -2.24. The maximum atomic E-state index is 13.2. The summed E-state index contributed by atoms with van der Waals surface area (Å²) in [5.41, 5.74) is 1.88. The molecule has 2 aromatic carbocycles. The van der Waals surface area contributed by atoms with Crippen molar-refractivity contribution in [2.45, 2.75) is 11.7 Å². The lowest BCUT2D eigenvalue weighted by atomic mass is 10.2. The summed E-state index contributed by atoms with van der Waals surface area (Å²) >= 11 is 8.67. The molecule has 0 aliphatic carbocycles. The highest BCUT2D eigenvalue weighted by atomic mass is 35.5. The second-order valence-electron chi connectivity index (χ2n) is 6.55. The number of anilines is 1. The smallest absolute Gasteiger partial charge is 0.272 e. The molecule has 158 valence electrons. The monoisotopic (exact) mass is 471 g/mol. The van der Waals surface area contributed by atoms with E-state index in [2.05, 4.69) is 10.3 Å². The second kappa shape index (κ2) is 9.55. The Labute approximate surface area is 191 Å². The largest absolute Gasteiger partial charge is 0.496 e. The van der Waals surface area contributed by atoms with E-state index in [-0.39, 0.29) is 23.8 Å². The van der Waals surface area contributed by atoms with Crippen LogP contribution < -0.4 is 15.6 Å². The molecule has 0 fully saturated rings. The van der Waals surface area contributed by atoms with Gasteiger partial charge in [0.15, 0.2) is 5.16 Å². The number of halogens is 1. The zero-order chi connectivity index (χ0) is 21.8. The van der Waals surface area contributed by atoms with Gasteiger partial charge in [0.2, 0.25) is 5.91 Å². The number of carbonyl (C=O) groups excluding carboxylic acids is 1. The van der Waals surface area contributed by atoms with Gasteiger partial charge in [-0.25, -0.2) is 4.98 Å². The van der Waals surface area contributed by atoms with Crippen molar-refractivity contribution in [3.05, 3.63) is 80.9 Å². The number of methoxy groups -OCH3 is 1. The normalized spacial score (nSPS) is 10.9. The first-order chi connectivity index (χ1) is 15.1. The van der Waals surface area contributed by atoms with Crippen molar-refractivity contribution in [3.8, 4) is 5.75 Å². The predicted octanol–water partition coefficient (Wildman–Crippen LogP) is 4.90. The van der Waals surface area contributed by atoms with Crippen LogP contribution in [0.25, 0.3) is 10.2 Å². The minimum Gasteiger partial charge on any atom is -0.496 e. The number of nitrogens with zero attached hydrogens (tertiary/aromatic N) is 2. The van der Waals surface area contributed by atoms with E-state index in [0.717, 1.165) is 5.56 Å². The fourth-order valence-corrected chi connectivity index (χ4v) is 4.82. The summed E-state index contributed by atoms with van der Waals surface area (Å²) in [4.78, 5) is 30.3. The van der Waals surface area contributed by atoms with Crippen LogP contribution in [0.4, 0.5) is 5.69 Å². The lowest BCUT2D eigenvalue weighted by Gasteiger charge is -2.14. The SMILES string of the molecule is COc1ccccc1Cn1c(SCC(=O)Nc2ccccc2Cl)nc2ccsc2c1=O. The highest BCUT2D eigenvalue weighted by molar-refractivity contribution is 7.99. The first-order valence-corrected chi connectivity index (χ1v) is 11.6. The molecule has 0 spiro atoms. The molecule has 31 heavy (non-hydrogen) atoms. The number of ether oxygens (including phenoxy) is 1. The second-order valence-corrected chi connectivity index (χ2v) is 8.81. The van der Waals surface area contributed by atoms with E-state index in [1.165, 1.54) is 23.1 Å². The Morgan fingerprint density at radius 3 is 2.77 bits per heavy atom. The quantitative estimate of drug-likeness (QED) is 0.306. The molecule has 0 saturated heterocycles. The van der Waals surface area contributed by atoms with Crippen LogP contribution in [0.15, 0.2) is 69.9 Å². The number of carbonyl (C=O) groups is 1. The Balaban J connectivity index is 1.62. The average Bonchev–Trinajstić information content (AvgIpc) is 3.25. The Kier molecular flexibility index (Phi) is 6.60. The molecule has 0 radical (unpaired) electrons. The Morgan fingerprint density at radius 2 is 1.97 bits per heavy atom. The number of fused-ring (bicyclic) bond motifs is 1. The molecule has 2 aromatic heterocycles. The summed E-state index contributed by atoms with van der Waals surface area (Å²) < 4.78 is 7.60. The van der Waals surface area contributed by atoms with Gasteiger partial charge in [0.05, 0.1) is 35.6 Å². The number of hydrogen-bond acceptors (Lipinski definition) is 6. The Hall–Kier alpha value is -2.81. The molecule has 1 N–H and O–H groups in total. The van der Waals surface area contributed by atoms with Gasteiger partial charge in [-0.15, -0.1) is 11.3 Å². The molecule has 0 aliphatic rings. The number of aromatic nitrogens is 2. The molecule has 0 unspecified atom stereocenters. The van der Waals surface area contributed by atoms with Crippen LogP contribution in [0.5, 0.6) is 5.75 Å². The van der Waals surface area contributed by atoms with Crippen molar-refractivity contribution in [1.29, 1.82) is 0 Å². The molecular formula is C22H18ClN3O3S2. The van der Waals surface area contributed by atoms with Gasteiger partial charge in [-0.2, -0.15) is 0 Å². The minimum absolute atomic E-state index is 0.0826. The van der Waals surface area contributed by atoms with Crippen LogP contribution in [-0.2, 0) is 11.3 Å². The molecule has 4 rings (SSSR count). The number of para-hydroxylation sites is 2. The van der Waals surface area contributed by atoms with Gasteiger partial charge in [0.25, 0.3) is 5.56 Å². The molecule has 2 heterocycles. The maximum Gasteiger partial charge on any atom is 0.272 e. The van der Waals surface area contributed by atoms with Gasteiger partial charge in [-0.05, 0) is 29.6 Å². The van der Waals surface area contributed by atoms with Gasteiger partial charge >= 0.3 is 0 Å². The van der Waals surface area contributed by atoms with Gasteiger partial charge in [0, 0.05) is 5.56 Å². The molecule has 0 atom stereocenters. The van der Waals surface area contributed by atoms with Crippen molar-refractivity contribution >= 4 is 56.5 Å². The summed E-state index contributed by atoms with van der Waals surface area (Å²) in [5.74, 6) is 0.536. The number of rotatable bonds is 7. The van der Waals surface area contributed by atoms with Crippen LogP contribution >= 0.6 is 34.7 Å². The van der Waals surface area contributed by atoms with Crippen LogP contribution in [0, 0.1) is 0 Å². The number of amides is 1. The van der Waals surface area contributed by atoms with Gasteiger partial charge in [-0.1, -0.05) is 53.7 Å².